The molecule has 0 aliphatic rings. The summed E-state index contributed by atoms with van der Waals surface area (Å²) in [5.41, 5.74) is 9.45. The van der Waals surface area contributed by atoms with Crippen molar-refractivity contribution >= 4 is 17.3 Å². The van der Waals surface area contributed by atoms with Gasteiger partial charge in [-0.15, -0.1) is 0 Å². The van der Waals surface area contributed by atoms with Crippen molar-refractivity contribution in [1.82, 2.24) is 0 Å². The van der Waals surface area contributed by atoms with Crippen LogP contribution in [0.4, 0.5) is 10.1 Å². The largest absolute Gasteiger partial charge is 0.370 e. The maximum absolute atomic E-state index is 13.8. The number of nitrogens with zero attached hydrogens (tertiary/aromatic N) is 1. The summed E-state index contributed by atoms with van der Waals surface area (Å²) in [7, 11) is 1.97. The summed E-state index contributed by atoms with van der Waals surface area (Å²) < 4.78 is 13.8. The van der Waals surface area contributed by atoms with Gasteiger partial charge in [-0.25, -0.2) is 4.39 Å². The van der Waals surface area contributed by atoms with Gasteiger partial charge in [0.15, 0.2) is 0 Å². The summed E-state index contributed by atoms with van der Waals surface area (Å²) in [6.07, 6.45) is 0. The zero-order valence-corrected chi connectivity index (χ0v) is 13.3. The van der Waals surface area contributed by atoms with Crippen molar-refractivity contribution in [2.75, 3.05) is 11.9 Å². The first kappa shape index (κ1) is 15.8. The molecule has 2 nitrogen and oxygen atoms in total. The van der Waals surface area contributed by atoms with Crippen molar-refractivity contribution in [2.24, 2.45) is 5.73 Å². The number of benzene rings is 2. The van der Waals surface area contributed by atoms with Gasteiger partial charge in [-0.1, -0.05) is 23.7 Å². The summed E-state index contributed by atoms with van der Waals surface area (Å²) in [5, 5.41) is 0.712. The highest BCUT2D eigenvalue weighted by atomic mass is 35.5. The predicted octanol–water partition coefficient (Wildman–Crippen LogP) is 4.44. The molecular formula is C17H20ClFN2. The standard InChI is InChI=1S/C17H20ClFN2/c1-11-7-17(15(12(2)20)9-16(11)19)21(3)10-13-5-4-6-14(18)8-13/h4-9,12H,10,20H2,1-3H3/t12-/m0/s1. The molecule has 0 spiro atoms. The molecule has 0 heterocycles. The molecule has 0 saturated heterocycles. The number of hydrogen-bond donors (Lipinski definition) is 1. The lowest BCUT2D eigenvalue weighted by Gasteiger charge is -2.25. The van der Waals surface area contributed by atoms with Crippen molar-refractivity contribution < 1.29 is 4.39 Å². The summed E-state index contributed by atoms with van der Waals surface area (Å²) in [5.74, 6) is -0.220. The lowest BCUT2D eigenvalue weighted by molar-refractivity contribution is 0.612. The van der Waals surface area contributed by atoms with Crippen molar-refractivity contribution in [3.05, 3.63) is 63.9 Å². The molecule has 0 unspecified atom stereocenters. The third-order valence-corrected chi connectivity index (χ3v) is 3.75. The van der Waals surface area contributed by atoms with Gasteiger partial charge in [0.05, 0.1) is 0 Å². The molecule has 0 radical (unpaired) electrons. The first-order valence-electron chi connectivity index (χ1n) is 6.89. The highest BCUT2D eigenvalue weighted by molar-refractivity contribution is 6.30. The van der Waals surface area contributed by atoms with Crippen molar-refractivity contribution in [2.45, 2.75) is 26.4 Å². The Bertz CT molecular complexity index is 641. The fourth-order valence-electron chi connectivity index (χ4n) is 2.37. The van der Waals surface area contributed by atoms with Crippen LogP contribution in [-0.4, -0.2) is 7.05 Å². The molecule has 4 heteroatoms. The van der Waals surface area contributed by atoms with Gasteiger partial charge in [-0.2, -0.15) is 0 Å². The summed E-state index contributed by atoms with van der Waals surface area (Å²) in [4.78, 5) is 2.07. The molecule has 2 rings (SSSR count). The Balaban J connectivity index is 2.34. The van der Waals surface area contributed by atoms with E-state index in [1.165, 1.54) is 6.07 Å². The number of anilines is 1. The smallest absolute Gasteiger partial charge is 0.126 e. The van der Waals surface area contributed by atoms with Crippen LogP contribution in [0.2, 0.25) is 5.02 Å². The van der Waals surface area contributed by atoms with E-state index in [0.717, 1.165) is 16.8 Å². The van der Waals surface area contributed by atoms with Crippen LogP contribution in [0, 0.1) is 12.7 Å². The molecule has 2 N–H and O–H groups in total. The maximum Gasteiger partial charge on any atom is 0.126 e. The fraction of sp³-hybridized carbons (Fsp3) is 0.294. The van der Waals surface area contributed by atoms with Crippen LogP contribution in [0.1, 0.15) is 29.7 Å². The Morgan fingerprint density at radius 3 is 2.62 bits per heavy atom. The number of halogens is 2. The molecule has 21 heavy (non-hydrogen) atoms. The first-order chi connectivity index (χ1) is 9.88. The second-order valence-corrected chi connectivity index (χ2v) is 5.87. The van der Waals surface area contributed by atoms with E-state index >= 15 is 0 Å². The molecule has 112 valence electrons. The van der Waals surface area contributed by atoms with Gasteiger partial charge in [0, 0.05) is 30.3 Å². The molecule has 0 saturated carbocycles. The molecular weight excluding hydrogens is 287 g/mol. The van der Waals surface area contributed by atoms with Crippen LogP contribution in [0.3, 0.4) is 0 Å². The van der Waals surface area contributed by atoms with Gasteiger partial charge in [-0.3, -0.25) is 0 Å². The normalized spacial score (nSPS) is 12.3. The minimum Gasteiger partial charge on any atom is -0.370 e. The van der Waals surface area contributed by atoms with Gasteiger partial charge in [-0.05, 0) is 54.8 Å². The number of hydrogen-bond acceptors (Lipinski definition) is 2. The quantitative estimate of drug-likeness (QED) is 0.904. The summed E-state index contributed by atoms with van der Waals surface area (Å²) in [6, 6.07) is 10.9. The Kier molecular flexibility index (Phi) is 4.86. The Morgan fingerprint density at radius 1 is 1.29 bits per heavy atom. The van der Waals surface area contributed by atoms with E-state index in [1.807, 2.05) is 44.3 Å². The minimum absolute atomic E-state index is 0.220. The predicted molar refractivity (Wildman–Crippen MR) is 87.3 cm³/mol. The fourth-order valence-corrected chi connectivity index (χ4v) is 2.58. The highest BCUT2D eigenvalue weighted by Crippen LogP contribution is 2.29. The molecule has 0 bridgehead atoms. The van der Waals surface area contributed by atoms with Crippen LogP contribution in [0.5, 0.6) is 0 Å². The summed E-state index contributed by atoms with van der Waals surface area (Å²) >= 11 is 6.01. The molecule has 1 atom stereocenters. The Morgan fingerprint density at radius 2 is 2.00 bits per heavy atom. The molecule has 0 fully saturated rings. The highest BCUT2D eigenvalue weighted by Gasteiger charge is 2.14. The zero-order valence-electron chi connectivity index (χ0n) is 12.5. The summed E-state index contributed by atoms with van der Waals surface area (Å²) in [6.45, 7) is 4.31. The van der Waals surface area contributed by atoms with Crippen LogP contribution in [0.25, 0.3) is 0 Å². The van der Waals surface area contributed by atoms with Crippen LogP contribution in [-0.2, 0) is 6.54 Å². The SMILES string of the molecule is Cc1cc(N(C)Cc2cccc(Cl)c2)c([C@H](C)N)cc1F. The van der Waals surface area contributed by atoms with Crippen LogP contribution >= 0.6 is 11.6 Å². The molecule has 2 aromatic carbocycles. The average molecular weight is 307 g/mol. The second-order valence-electron chi connectivity index (χ2n) is 5.43. The first-order valence-corrected chi connectivity index (χ1v) is 7.27. The van der Waals surface area contributed by atoms with Gasteiger partial charge < -0.3 is 10.6 Å². The third-order valence-electron chi connectivity index (χ3n) is 3.52. The lowest BCUT2D eigenvalue weighted by atomic mass is 10.0. The third kappa shape index (κ3) is 3.74. The van der Waals surface area contributed by atoms with Crippen molar-refractivity contribution in [3.8, 4) is 0 Å². The van der Waals surface area contributed by atoms with Crippen molar-refractivity contribution in [3.63, 3.8) is 0 Å². The van der Waals surface area contributed by atoms with E-state index in [-0.39, 0.29) is 11.9 Å². The monoisotopic (exact) mass is 306 g/mol. The minimum atomic E-state index is -0.225. The van der Waals surface area contributed by atoms with Crippen LogP contribution in [0.15, 0.2) is 36.4 Å². The van der Waals surface area contributed by atoms with E-state index in [4.69, 9.17) is 17.3 Å². The van der Waals surface area contributed by atoms with Gasteiger partial charge in [0.1, 0.15) is 5.82 Å². The molecule has 2 aromatic rings. The number of rotatable bonds is 4. The number of aryl methyl sites for hydroxylation is 1. The van der Waals surface area contributed by atoms with Crippen molar-refractivity contribution in [1.29, 1.82) is 0 Å². The molecule has 0 aliphatic carbocycles. The van der Waals surface area contributed by atoms with E-state index in [1.54, 1.807) is 6.92 Å². The zero-order chi connectivity index (χ0) is 15.6. The molecule has 0 aliphatic heterocycles. The van der Waals surface area contributed by atoms with Gasteiger partial charge in [0.25, 0.3) is 0 Å². The van der Waals surface area contributed by atoms with Crippen LogP contribution < -0.4 is 10.6 Å². The van der Waals surface area contributed by atoms with Gasteiger partial charge in [0.2, 0.25) is 0 Å². The van der Waals surface area contributed by atoms with E-state index in [9.17, 15) is 4.39 Å². The maximum atomic E-state index is 13.8. The number of nitrogens with two attached hydrogens (primary N) is 1. The topological polar surface area (TPSA) is 29.3 Å². The Labute approximate surface area is 130 Å². The van der Waals surface area contributed by atoms with E-state index < -0.39 is 0 Å². The Hall–Kier alpha value is -1.58. The molecule has 0 amide bonds. The molecule has 0 aromatic heterocycles. The lowest BCUT2D eigenvalue weighted by Crippen LogP contribution is -2.20. The van der Waals surface area contributed by atoms with E-state index in [2.05, 4.69) is 4.90 Å². The van der Waals surface area contributed by atoms with Gasteiger partial charge >= 0.3 is 0 Å². The van der Waals surface area contributed by atoms with E-state index in [0.29, 0.717) is 17.1 Å². The second kappa shape index (κ2) is 6.46. The average Bonchev–Trinajstić information content (AvgIpc) is 2.41.